The van der Waals surface area contributed by atoms with E-state index in [2.05, 4.69) is 0 Å². The quantitative estimate of drug-likeness (QED) is 0.476. The number of hydrogen-bond acceptors (Lipinski definition) is 3. The summed E-state index contributed by atoms with van der Waals surface area (Å²) < 4.78 is 0. The Bertz CT molecular complexity index is 529. The minimum Gasteiger partial charge on any atom is -0.334 e. The predicted molar refractivity (Wildman–Crippen MR) is 77.2 cm³/mol. The highest BCUT2D eigenvalue weighted by molar-refractivity contribution is 6.18. The van der Waals surface area contributed by atoms with Gasteiger partial charge in [-0.05, 0) is 31.7 Å². The highest BCUT2D eigenvalue weighted by atomic mass is 35.5. The molecule has 0 saturated heterocycles. The van der Waals surface area contributed by atoms with Crippen molar-refractivity contribution in [1.82, 2.24) is 4.90 Å². The van der Waals surface area contributed by atoms with Crippen molar-refractivity contribution in [2.75, 3.05) is 12.4 Å². The number of alkyl halides is 1. The number of amides is 1. The molecule has 0 unspecified atom stereocenters. The molecule has 0 aliphatic heterocycles. The Kier molecular flexibility index (Phi) is 4.60. The lowest BCUT2D eigenvalue weighted by molar-refractivity contribution is -0.385. The fourth-order valence-corrected chi connectivity index (χ4v) is 2.65. The summed E-state index contributed by atoms with van der Waals surface area (Å²) in [5.41, 5.74) is 0.687. The lowest BCUT2D eigenvalue weighted by Gasteiger charge is -2.37. The minimum absolute atomic E-state index is 0.131. The molecule has 0 radical (unpaired) electrons. The number of carbonyl (C=O) groups is 1. The Morgan fingerprint density at radius 2 is 2.20 bits per heavy atom. The van der Waals surface area contributed by atoms with E-state index in [0.717, 1.165) is 19.3 Å². The maximum Gasteiger partial charge on any atom is 0.282 e. The molecule has 1 fully saturated rings. The van der Waals surface area contributed by atoms with E-state index in [1.807, 2.05) is 0 Å². The third-order valence-electron chi connectivity index (χ3n) is 3.76. The Morgan fingerprint density at radius 3 is 2.70 bits per heavy atom. The number of benzene rings is 1. The van der Waals surface area contributed by atoms with Crippen LogP contribution in [-0.4, -0.2) is 34.2 Å². The molecular formula is C14H17ClN2O3. The maximum absolute atomic E-state index is 12.7. The molecule has 1 aliphatic carbocycles. The van der Waals surface area contributed by atoms with Gasteiger partial charge in [0, 0.05) is 24.5 Å². The molecule has 0 atom stereocenters. The van der Waals surface area contributed by atoms with Gasteiger partial charge < -0.3 is 4.90 Å². The van der Waals surface area contributed by atoms with Crippen LogP contribution in [0.3, 0.4) is 0 Å². The summed E-state index contributed by atoms with van der Waals surface area (Å²) in [6.07, 6.45) is 2.98. The van der Waals surface area contributed by atoms with Gasteiger partial charge >= 0.3 is 0 Å². The molecular weight excluding hydrogens is 280 g/mol. The number of aryl methyl sites for hydroxylation is 1. The van der Waals surface area contributed by atoms with Gasteiger partial charge in [0.15, 0.2) is 0 Å². The molecule has 20 heavy (non-hydrogen) atoms. The summed E-state index contributed by atoms with van der Waals surface area (Å²) in [6.45, 7) is 2.15. The van der Waals surface area contributed by atoms with E-state index in [0.29, 0.717) is 18.0 Å². The molecule has 0 N–H and O–H groups in total. The topological polar surface area (TPSA) is 63.5 Å². The molecule has 0 aromatic heterocycles. The molecule has 1 aliphatic rings. The van der Waals surface area contributed by atoms with Gasteiger partial charge in [0.2, 0.25) is 0 Å². The Morgan fingerprint density at radius 1 is 1.50 bits per heavy atom. The molecule has 1 aromatic carbocycles. The van der Waals surface area contributed by atoms with Gasteiger partial charge in [0.1, 0.15) is 5.56 Å². The smallest absolute Gasteiger partial charge is 0.282 e. The van der Waals surface area contributed by atoms with Crippen LogP contribution < -0.4 is 0 Å². The minimum atomic E-state index is -0.500. The van der Waals surface area contributed by atoms with E-state index in [1.165, 1.54) is 6.07 Å². The van der Waals surface area contributed by atoms with Gasteiger partial charge in [-0.25, -0.2) is 0 Å². The molecule has 5 nitrogen and oxygen atoms in total. The second-order valence-corrected chi connectivity index (χ2v) is 5.38. The van der Waals surface area contributed by atoms with Crippen molar-refractivity contribution in [1.29, 1.82) is 0 Å². The Balaban J connectivity index is 2.37. The highest BCUT2D eigenvalue weighted by Gasteiger charge is 2.33. The van der Waals surface area contributed by atoms with Gasteiger partial charge in [-0.1, -0.05) is 12.1 Å². The molecule has 108 valence electrons. The van der Waals surface area contributed by atoms with E-state index in [9.17, 15) is 14.9 Å². The van der Waals surface area contributed by atoms with Gasteiger partial charge in [-0.3, -0.25) is 14.9 Å². The molecule has 1 amide bonds. The first-order valence-corrected chi connectivity index (χ1v) is 7.20. The normalized spacial score (nSPS) is 14.7. The Hall–Kier alpha value is -1.62. The summed E-state index contributed by atoms with van der Waals surface area (Å²) in [5, 5.41) is 11.1. The van der Waals surface area contributed by atoms with Gasteiger partial charge in [0.05, 0.1) is 4.92 Å². The second-order valence-electron chi connectivity index (χ2n) is 5.00. The van der Waals surface area contributed by atoms with Crippen molar-refractivity contribution in [3.63, 3.8) is 0 Å². The van der Waals surface area contributed by atoms with Crippen molar-refractivity contribution >= 4 is 23.2 Å². The maximum atomic E-state index is 12.7. The summed E-state index contributed by atoms with van der Waals surface area (Å²) in [6, 6.07) is 4.86. The third kappa shape index (κ3) is 2.77. The van der Waals surface area contributed by atoms with Crippen LogP contribution in [0.5, 0.6) is 0 Å². The van der Waals surface area contributed by atoms with E-state index in [1.54, 1.807) is 24.0 Å². The van der Waals surface area contributed by atoms with Gasteiger partial charge in [0.25, 0.3) is 11.6 Å². The van der Waals surface area contributed by atoms with E-state index >= 15 is 0 Å². The van der Waals surface area contributed by atoms with Crippen LogP contribution in [-0.2, 0) is 0 Å². The summed E-state index contributed by atoms with van der Waals surface area (Å²) in [7, 11) is 0. The SMILES string of the molecule is Cc1cccc([N+](=O)[O-])c1C(=O)N(CCCl)C1CCC1. The molecule has 6 heteroatoms. The lowest BCUT2D eigenvalue weighted by atomic mass is 9.90. The van der Waals surface area contributed by atoms with Crippen molar-refractivity contribution < 1.29 is 9.72 Å². The monoisotopic (exact) mass is 296 g/mol. The lowest BCUT2D eigenvalue weighted by Crippen LogP contribution is -2.45. The van der Waals surface area contributed by atoms with Crippen LogP contribution in [0.25, 0.3) is 0 Å². The first-order chi connectivity index (χ1) is 9.56. The number of nitro benzene ring substituents is 1. The predicted octanol–water partition coefficient (Wildman–Crippen LogP) is 3.14. The number of nitro groups is 1. The van der Waals surface area contributed by atoms with Crippen molar-refractivity contribution in [3.05, 3.63) is 39.4 Å². The number of halogens is 1. The van der Waals surface area contributed by atoms with Crippen molar-refractivity contribution in [2.24, 2.45) is 0 Å². The molecule has 1 saturated carbocycles. The number of carbonyl (C=O) groups excluding carboxylic acids is 1. The van der Waals surface area contributed by atoms with Crippen LogP contribution in [0, 0.1) is 17.0 Å². The molecule has 2 rings (SSSR count). The Labute approximate surface area is 122 Å². The number of nitrogens with zero attached hydrogens (tertiary/aromatic N) is 2. The second kappa shape index (κ2) is 6.22. The molecule has 0 spiro atoms. The molecule has 0 bridgehead atoms. The standard InChI is InChI=1S/C14H17ClN2O3/c1-10-4-2-7-12(17(19)20)13(10)14(18)16(9-8-15)11-5-3-6-11/h2,4,7,11H,3,5-6,8-9H2,1H3. The van der Waals surface area contributed by atoms with E-state index in [-0.39, 0.29) is 23.2 Å². The average Bonchev–Trinajstić information content (AvgIpc) is 2.35. The third-order valence-corrected chi connectivity index (χ3v) is 3.93. The fraction of sp³-hybridized carbons (Fsp3) is 0.500. The average molecular weight is 297 g/mol. The highest BCUT2D eigenvalue weighted by Crippen LogP contribution is 2.29. The van der Waals surface area contributed by atoms with Crippen LogP contribution in [0.1, 0.15) is 35.2 Å². The fourth-order valence-electron chi connectivity index (χ4n) is 2.47. The van der Waals surface area contributed by atoms with Gasteiger partial charge in [-0.15, -0.1) is 11.6 Å². The molecule has 0 heterocycles. The first-order valence-electron chi connectivity index (χ1n) is 6.67. The van der Waals surface area contributed by atoms with E-state index in [4.69, 9.17) is 11.6 Å². The summed E-state index contributed by atoms with van der Waals surface area (Å²) >= 11 is 5.77. The zero-order valence-electron chi connectivity index (χ0n) is 11.3. The summed E-state index contributed by atoms with van der Waals surface area (Å²) in [5.74, 6) is 0.0576. The number of rotatable bonds is 5. The summed E-state index contributed by atoms with van der Waals surface area (Å²) in [4.78, 5) is 25.0. The molecule has 1 aromatic rings. The van der Waals surface area contributed by atoms with Crippen LogP contribution in [0.15, 0.2) is 18.2 Å². The van der Waals surface area contributed by atoms with Gasteiger partial charge in [-0.2, -0.15) is 0 Å². The zero-order chi connectivity index (χ0) is 14.7. The van der Waals surface area contributed by atoms with Crippen LogP contribution in [0.2, 0.25) is 0 Å². The largest absolute Gasteiger partial charge is 0.334 e. The van der Waals surface area contributed by atoms with Crippen LogP contribution >= 0.6 is 11.6 Å². The van der Waals surface area contributed by atoms with E-state index < -0.39 is 4.92 Å². The van der Waals surface area contributed by atoms with Crippen LogP contribution in [0.4, 0.5) is 5.69 Å². The zero-order valence-corrected chi connectivity index (χ0v) is 12.1. The van der Waals surface area contributed by atoms with Crippen molar-refractivity contribution in [2.45, 2.75) is 32.2 Å². The van der Waals surface area contributed by atoms with Crippen molar-refractivity contribution in [3.8, 4) is 0 Å². The number of hydrogen-bond donors (Lipinski definition) is 0. The first kappa shape index (κ1) is 14.8.